The van der Waals surface area contributed by atoms with Crippen LogP contribution in [0.2, 0.25) is 0 Å². The average Bonchev–Trinajstić information content (AvgIpc) is 3.15. The summed E-state index contributed by atoms with van der Waals surface area (Å²) >= 11 is 0. The van der Waals surface area contributed by atoms with Crippen LogP contribution in [-0.2, 0) is 10.0 Å². The first kappa shape index (κ1) is 25.0. The number of aromatic nitrogens is 4. The van der Waals surface area contributed by atoms with Crippen molar-refractivity contribution in [2.45, 2.75) is 18.7 Å². The van der Waals surface area contributed by atoms with Crippen LogP contribution in [0.5, 0.6) is 0 Å². The van der Waals surface area contributed by atoms with E-state index in [0.717, 1.165) is 12.1 Å². The first-order valence-corrected chi connectivity index (χ1v) is 11.9. The Morgan fingerprint density at radius 2 is 1.62 bits per heavy atom. The molecule has 4 rings (SSSR count). The van der Waals surface area contributed by atoms with Crippen LogP contribution in [0, 0.1) is 34.1 Å². The normalized spacial score (nSPS) is 11.5. The molecule has 0 unspecified atom stereocenters. The minimum atomic E-state index is -3.92. The summed E-state index contributed by atoms with van der Waals surface area (Å²) < 4.78 is 28.6. The Labute approximate surface area is 208 Å². The molecule has 2 aromatic heterocycles. The molecular formula is C21H17N9O6S. The number of sulfonamides is 1. The van der Waals surface area contributed by atoms with Crippen molar-refractivity contribution in [3.05, 3.63) is 92.5 Å². The lowest BCUT2D eigenvalue weighted by atomic mass is 10.2. The lowest BCUT2D eigenvalue weighted by molar-refractivity contribution is -0.394. The van der Waals surface area contributed by atoms with Gasteiger partial charge in [-0.05, 0) is 50.2 Å². The predicted octanol–water partition coefficient (Wildman–Crippen LogP) is 4.31. The van der Waals surface area contributed by atoms with Gasteiger partial charge in [-0.1, -0.05) is 0 Å². The molecular weight excluding hydrogens is 506 g/mol. The number of nitro benzene ring substituents is 2. The number of hydrogen-bond acceptors (Lipinski definition) is 11. The van der Waals surface area contributed by atoms with Crippen molar-refractivity contribution in [3.63, 3.8) is 0 Å². The van der Waals surface area contributed by atoms with Crippen LogP contribution in [-0.4, -0.2) is 38.0 Å². The Balaban J connectivity index is 1.60. The van der Waals surface area contributed by atoms with Crippen molar-refractivity contribution in [1.29, 1.82) is 0 Å². The van der Waals surface area contributed by atoms with Gasteiger partial charge >= 0.3 is 5.69 Å². The van der Waals surface area contributed by atoms with Crippen molar-refractivity contribution in [2.75, 3.05) is 4.72 Å². The first-order chi connectivity index (χ1) is 17.6. The molecule has 0 amide bonds. The summed E-state index contributed by atoms with van der Waals surface area (Å²) in [6.07, 6.45) is 2.81. The van der Waals surface area contributed by atoms with Crippen LogP contribution in [0.4, 0.5) is 28.7 Å². The molecule has 0 radical (unpaired) electrons. The molecule has 0 bridgehead atoms. The second kappa shape index (κ2) is 9.86. The van der Waals surface area contributed by atoms with E-state index >= 15 is 0 Å². The number of non-ortho nitro benzene ring substituents is 1. The summed E-state index contributed by atoms with van der Waals surface area (Å²) in [5.74, 6) is -0.0671. The molecule has 0 saturated carbocycles. The van der Waals surface area contributed by atoms with Crippen molar-refractivity contribution < 1.29 is 18.3 Å². The number of nitro groups is 2. The molecule has 37 heavy (non-hydrogen) atoms. The summed E-state index contributed by atoms with van der Waals surface area (Å²) in [7, 11) is -3.92. The number of aryl methyl sites for hydroxylation is 1. The zero-order chi connectivity index (χ0) is 26.7. The number of benzene rings is 2. The molecule has 0 aliphatic rings. The van der Waals surface area contributed by atoms with E-state index in [1.54, 1.807) is 19.9 Å². The fourth-order valence-corrected chi connectivity index (χ4v) is 4.25. The lowest BCUT2D eigenvalue weighted by Gasteiger charge is -2.06. The molecule has 0 fully saturated rings. The highest BCUT2D eigenvalue weighted by Crippen LogP contribution is 2.33. The fraction of sp³-hybridized carbons (Fsp3) is 0.0952. The Hall–Kier alpha value is -5.12. The van der Waals surface area contributed by atoms with Gasteiger partial charge in [0.15, 0.2) is 0 Å². The van der Waals surface area contributed by atoms with Gasteiger partial charge in [0.1, 0.15) is 11.4 Å². The van der Waals surface area contributed by atoms with E-state index in [0.29, 0.717) is 22.8 Å². The molecule has 0 atom stereocenters. The van der Waals surface area contributed by atoms with E-state index in [2.05, 4.69) is 30.0 Å². The highest BCUT2D eigenvalue weighted by Gasteiger charge is 2.24. The topological polar surface area (TPSA) is 201 Å². The molecule has 0 saturated heterocycles. The fourth-order valence-electron chi connectivity index (χ4n) is 3.30. The summed E-state index contributed by atoms with van der Waals surface area (Å²) in [5, 5.41) is 35.1. The summed E-state index contributed by atoms with van der Waals surface area (Å²) in [6, 6.07) is 10.4. The summed E-state index contributed by atoms with van der Waals surface area (Å²) in [4.78, 5) is 28.7. The van der Waals surface area contributed by atoms with Crippen LogP contribution >= 0.6 is 0 Å². The van der Waals surface area contributed by atoms with Crippen LogP contribution < -0.4 is 4.72 Å². The number of nitrogens with one attached hydrogen (secondary N) is 1. The molecule has 0 aliphatic heterocycles. The molecule has 2 aromatic carbocycles. The minimum Gasteiger partial charge on any atom is -0.258 e. The third-order valence-electron chi connectivity index (χ3n) is 5.05. The molecule has 2 heterocycles. The highest BCUT2D eigenvalue weighted by atomic mass is 32.2. The van der Waals surface area contributed by atoms with Gasteiger partial charge in [-0.25, -0.2) is 27.8 Å². The molecule has 0 aliphatic carbocycles. The molecule has 1 N–H and O–H groups in total. The standard InChI is InChI=1S/C21H17N9O6S/c1-13-20(14(2)28(26-13)18-9-6-16(29(31)32)12-19(18)30(33)34)25-24-15-4-7-17(8-5-15)37(35,36)27-21-22-10-3-11-23-21/h3-12H,1-2H3,(H,22,23,27). The van der Waals surface area contributed by atoms with Crippen molar-refractivity contribution in [2.24, 2.45) is 10.2 Å². The second-order valence-corrected chi connectivity index (χ2v) is 9.17. The Morgan fingerprint density at radius 3 is 2.24 bits per heavy atom. The van der Waals surface area contributed by atoms with Crippen LogP contribution in [0.3, 0.4) is 0 Å². The summed E-state index contributed by atoms with van der Waals surface area (Å²) in [6.45, 7) is 3.24. The quantitative estimate of drug-likeness (QED) is 0.198. The van der Waals surface area contributed by atoms with E-state index in [-0.39, 0.29) is 16.5 Å². The van der Waals surface area contributed by atoms with Crippen LogP contribution in [0.15, 0.2) is 76.0 Å². The largest absolute Gasteiger partial charge is 0.301 e. The van der Waals surface area contributed by atoms with Gasteiger partial charge in [0.25, 0.3) is 15.7 Å². The van der Waals surface area contributed by atoms with Crippen LogP contribution in [0.1, 0.15) is 11.4 Å². The van der Waals surface area contributed by atoms with Gasteiger partial charge < -0.3 is 0 Å². The maximum Gasteiger partial charge on any atom is 0.301 e. The van der Waals surface area contributed by atoms with Gasteiger partial charge in [0, 0.05) is 18.5 Å². The monoisotopic (exact) mass is 523 g/mol. The number of rotatable bonds is 8. The first-order valence-electron chi connectivity index (χ1n) is 10.4. The average molecular weight is 523 g/mol. The third-order valence-corrected chi connectivity index (χ3v) is 6.40. The Morgan fingerprint density at radius 1 is 0.946 bits per heavy atom. The minimum absolute atomic E-state index is 0.0297. The Bertz CT molecular complexity index is 1640. The lowest BCUT2D eigenvalue weighted by Crippen LogP contribution is -2.14. The number of anilines is 1. The SMILES string of the molecule is Cc1nn(-c2ccc([N+](=O)[O-])cc2[N+](=O)[O-])c(C)c1N=Nc1ccc(S(=O)(=O)Nc2ncccn2)cc1. The number of nitrogens with zero attached hydrogens (tertiary/aromatic N) is 8. The van der Waals surface area contributed by atoms with E-state index in [9.17, 15) is 28.6 Å². The summed E-state index contributed by atoms with van der Waals surface area (Å²) in [5.41, 5.74) is 0.588. The van der Waals surface area contributed by atoms with E-state index < -0.39 is 31.2 Å². The maximum atomic E-state index is 12.5. The molecule has 15 nitrogen and oxygen atoms in total. The van der Waals surface area contributed by atoms with Gasteiger partial charge in [-0.2, -0.15) is 10.2 Å². The van der Waals surface area contributed by atoms with Crippen molar-refractivity contribution >= 4 is 38.7 Å². The molecule has 4 aromatic rings. The van der Waals surface area contributed by atoms with Gasteiger partial charge in [-0.15, -0.1) is 5.11 Å². The van der Waals surface area contributed by atoms with E-state index in [1.807, 2.05) is 0 Å². The van der Waals surface area contributed by atoms with E-state index in [1.165, 1.54) is 47.4 Å². The highest BCUT2D eigenvalue weighted by molar-refractivity contribution is 7.92. The number of hydrogen-bond donors (Lipinski definition) is 1. The third kappa shape index (κ3) is 5.27. The van der Waals surface area contributed by atoms with Crippen molar-refractivity contribution in [1.82, 2.24) is 19.7 Å². The van der Waals surface area contributed by atoms with Crippen LogP contribution in [0.25, 0.3) is 5.69 Å². The second-order valence-electron chi connectivity index (χ2n) is 7.49. The van der Waals surface area contributed by atoms with Gasteiger partial charge in [-0.3, -0.25) is 20.2 Å². The number of azo groups is 1. The molecule has 16 heteroatoms. The predicted molar refractivity (Wildman–Crippen MR) is 130 cm³/mol. The maximum absolute atomic E-state index is 12.5. The molecule has 0 spiro atoms. The Kier molecular flexibility index (Phi) is 6.66. The van der Waals surface area contributed by atoms with Gasteiger partial charge in [0.2, 0.25) is 5.95 Å². The van der Waals surface area contributed by atoms with Crippen molar-refractivity contribution in [3.8, 4) is 5.69 Å². The smallest absolute Gasteiger partial charge is 0.258 e. The zero-order valence-electron chi connectivity index (χ0n) is 19.2. The molecule has 188 valence electrons. The zero-order valence-corrected chi connectivity index (χ0v) is 20.0. The van der Waals surface area contributed by atoms with E-state index in [4.69, 9.17) is 0 Å². The van der Waals surface area contributed by atoms with Gasteiger partial charge in [0.05, 0.1) is 37.9 Å².